The van der Waals surface area contributed by atoms with Crippen molar-refractivity contribution in [2.45, 2.75) is 0 Å². The van der Waals surface area contributed by atoms with E-state index in [4.69, 9.17) is 30.1 Å². The molecule has 0 atom stereocenters. The predicted octanol–water partition coefficient (Wildman–Crippen LogP) is -7.10. The Labute approximate surface area is 87.7 Å². The molecule has 13 heavy (non-hydrogen) atoms. The Morgan fingerprint density at radius 2 is 0.846 bits per heavy atom. The van der Waals surface area contributed by atoms with E-state index in [0.29, 0.717) is 0 Å². The number of hydrogen-bond donors (Lipinski definition) is 0. The molecule has 0 aromatic carbocycles. The van der Waals surface area contributed by atoms with E-state index in [1.165, 1.54) is 0 Å². The van der Waals surface area contributed by atoms with Crippen molar-refractivity contribution in [1.82, 2.24) is 0 Å². The minimum atomic E-state index is -2.92. The van der Waals surface area contributed by atoms with Crippen LogP contribution in [-0.2, 0) is 21.7 Å². The number of carboxylic acid groups (broad SMARTS) is 2. The van der Waals surface area contributed by atoms with Crippen molar-refractivity contribution in [1.29, 1.82) is 0 Å². The van der Waals surface area contributed by atoms with Crippen LogP contribution in [0.4, 0.5) is 4.79 Å². The number of rotatable bonds is 0. The summed E-state index contributed by atoms with van der Waals surface area (Å²) in [5, 5.41) is 41.9. The van der Waals surface area contributed by atoms with Gasteiger partial charge in [0.05, 0.1) is 0 Å². The van der Waals surface area contributed by atoms with Crippen molar-refractivity contribution >= 4 is 13.5 Å². The van der Waals surface area contributed by atoms with E-state index in [2.05, 4.69) is 0 Å². The maximum Gasteiger partial charge on any atom is 0 e. The van der Waals surface area contributed by atoms with E-state index in [0.717, 1.165) is 0 Å². The van der Waals surface area contributed by atoms with Gasteiger partial charge in [-0.05, 0) is 6.16 Å². The van der Waals surface area contributed by atoms with Crippen molar-refractivity contribution in [3.8, 4) is 0 Å². The fourth-order valence-electron chi connectivity index (χ4n) is 0. The van der Waals surface area contributed by atoms with E-state index < -0.39 is 13.5 Å². The Morgan fingerprint density at radius 3 is 0.846 bits per heavy atom. The van der Waals surface area contributed by atoms with Gasteiger partial charge in [0.2, 0.25) is 0 Å². The van der Waals surface area contributed by atoms with Crippen molar-refractivity contribution in [3.05, 3.63) is 0 Å². The first-order valence-electron chi connectivity index (χ1n) is 1.32. The molecule has 0 radical (unpaired) electrons. The molecule has 0 amide bonds. The summed E-state index contributed by atoms with van der Waals surface area (Å²) in [4.78, 5) is 8.33. The van der Waals surface area contributed by atoms with E-state index in [1.54, 1.807) is 0 Å². The van der Waals surface area contributed by atoms with Crippen LogP contribution in [-0.4, -0.2) is 35.4 Å². The fraction of sp³-hybridized carbons (Fsp3) is 0. The monoisotopic (exact) mass is 235 g/mol. The topological polar surface area (TPSA) is 252 Å². The summed E-state index contributed by atoms with van der Waals surface area (Å²) in [6.07, 6.45) is -2.33. The van der Waals surface area contributed by atoms with Gasteiger partial charge in [0, 0.05) is 21.7 Å². The summed E-state index contributed by atoms with van der Waals surface area (Å²) in [7, 11) is -2.92. The Hall–Kier alpha value is -0.231. The Kier molecular flexibility index (Phi) is 168. The van der Waals surface area contributed by atoms with Gasteiger partial charge in [0.15, 0.2) is 0 Å². The van der Waals surface area contributed by atoms with E-state index >= 15 is 0 Å². The molecule has 84 valence electrons. The zero-order chi connectivity index (χ0) is 7.15. The van der Waals surface area contributed by atoms with Crippen LogP contribution in [0.3, 0.4) is 0 Å². The van der Waals surface area contributed by atoms with Gasteiger partial charge in [0.1, 0.15) is 0 Å². The summed E-state index contributed by atoms with van der Waals surface area (Å²) in [5.41, 5.74) is 0. The van der Waals surface area contributed by atoms with Gasteiger partial charge in [0.25, 0.3) is 0 Å². The second-order valence-corrected chi connectivity index (χ2v) is 0.539. The molecule has 0 aliphatic heterocycles. The normalized spacial score (nSPS) is 3.92. The third-order valence-corrected chi connectivity index (χ3v) is 0. The zero-order valence-corrected chi connectivity index (χ0v) is 7.38. The molecule has 0 aromatic rings. The first-order chi connectivity index (χ1) is 3.46. The summed E-state index contributed by atoms with van der Waals surface area (Å²) < 4.78 is 0. The van der Waals surface area contributed by atoms with Crippen LogP contribution < -0.4 is 25.3 Å². The van der Waals surface area contributed by atoms with Crippen LogP contribution in [0.2, 0.25) is 0 Å². The van der Waals surface area contributed by atoms with E-state index in [9.17, 15) is 0 Å². The number of hydrogen-bond acceptors (Lipinski definition) is 10. The molecular weight excluding hydrogens is 231 g/mol. The zero-order valence-electron chi connectivity index (χ0n) is 5.82. The first kappa shape index (κ1) is 53.1. The second-order valence-electron chi connectivity index (χ2n) is 0.539. The molecule has 0 heterocycles. The van der Waals surface area contributed by atoms with Crippen LogP contribution in [0.15, 0.2) is 0 Å². The summed E-state index contributed by atoms with van der Waals surface area (Å²) in [5.74, 6) is 0. The molecule has 10 nitrogen and oxygen atoms in total. The predicted molar refractivity (Wildman–Crippen MR) is 18.9 cm³/mol. The quantitative estimate of drug-likeness (QED) is 0.357. The fourth-order valence-corrected chi connectivity index (χ4v) is 0. The minimum Gasteiger partial charge on any atom is -0.907 e. The molecule has 0 rings (SSSR count). The van der Waals surface area contributed by atoms with Crippen molar-refractivity contribution in [2.24, 2.45) is 0 Å². The van der Waals surface area contributed by atoms with E-state index in [-0.39, 0.29) is 43.6 Å². The Morgan fingerprint density at radius 1 is 0.846 bits per heavy atom. The van der Waals surface area contributed by atoms with Gasteiger partial charge in [-0.25, -0.2) is 0 Å². The summed E-state index contributed by atoms with van der Waals surface area (Å²) >= 11 is 0. The Balaban J connectivity index is -0.00000000800. The average molecular weight is 235 g/mol. The molecule has 0 spiro atoms. The maximum atomic E-state index is 8.42. The smallest absolute Gasteiger partial charge is 0 e. The molecule has 0 saturated heterocycles. The molecule has 0 aromatic heterocycles. The Bertz CT molecular complexity index is 59.2. The molecular formula is CH4BO10Ti-9. The minimum absolute atomic E-state index is 0. The SMILES string of the molecule is O=C([O-])[O-].[O-]B([O-])[O-].[OH-].[OH-].[OH-].[OH-].[Ti]. The molecule has 4 N–H and O–H groups in total. The molecule has 0 bridgehead atoms. The van der Waals surface area contributed by atoms with Crippen LogP contribution in [0.25, 0.3) is 0 Å². The van der Waals surface area contributed by atoms with Crippen LogP contribution in [0.5, 0.6) is 0 Å². The van der Waals surface area contributed by atoms with Gasteiger partial charge >= 0.3 is 0 Å². The number of carbonyl (C=O) groups is 1. The van der Waals surface area contributed by atoms with Gasteiger partial charge < -0.3 is 52.0 Å². The average Bonchev–Trinajstić information content (AvgIpc) is 1.25. The van der Waals surface area contributed by atoms with Crippen molar-refractivity contribution in [2.75, 3.05) is 0 Å². The summed E-state index contributed by atoms with van der Waals surface area (Å²) in [6, 6.07) is 0. The van der Waals surface area contributed by atoms with Gasteiger partial charge in [-0.1, -0.05) is 0 Å². The second kappa shape index (κ2) is 41.0. The number of carbonyl (C=O) groups excluding carboxylic acids is 1. The largest absolute Gasteiger partial charge is 0.907 e. The van der Waals surface area contributed by atoms with Crippen LogP contribution in [0, 0.1) is 0 Å². The molecule has 0 aliphatic rings. The van der Waals surface area contributed by atoms with Crippen molar-refractivity contribution in [3.63, 3.8) is 0 Å². The standard InChI is InChI=1S/CH2O3.BO3.4H2O.Ti/c2*2-1(3)4;;;;;/h(H2,2,3,4);;4*1H2;/q;-3;;;;;/p-6. The van der Waals surface area contributed by atoms with Crippen LogP contribution in [0.1, 0.15) is 0 Å². The van der Waals surface area contributed by atoms with Gasteiger partial charge in [-0.3, -0.25) is 7.32 Å². The molecule has 0 fully saturated rings. The van der Waals surface area contributed by atoms with Gasteiger partial charge in [-0.2, -0.15) is 0 Å². The summed E-state index contributed by atoms with van der Waals surface area (Å²) in [6.45, 7) is 0. The molecule has 0 saturated carbocycles. The third-order valence-electron chi connectivity index (χ3n) is 0. The first-order valence-corrected chi connectivity index (χ1v) is 1.32. The maximum absolute atomic E-state index is 8.42. The van der Waals surface area contributed by atoms with E-state index in [1.807, 2.05) is 0 Å². The van der Waals surface area contributed by atoms with Crippen molar-refractivity contribution < 1.29 is 73.7 Å². The molecule has 0 aliphatic carbocycles. The third kappa shape index (κ3) is 21100. The molecule has 0 unspecified atom stereocenters. The van der Waals surface area contributed by atoms with Gasteiger partial charge in [-0.15, -0.1) is 0 Å². The van der Waals surface area contributed by atoms with Crippen LogP contribution >= 0.6 is 0 Å². The molecule has 12 heteroatoms.